The third-order valence-corrected chi connectivity index (χ3v) is 4.68. The molecule has 0 unspecified atom stereocenters. The van der Waals surface area contributed by atoms with E-state index in [2.05, 4.69) is 12.2 Å². The fourth-order valence-electron chi connectivity index (χ4n) is 3.35. The molecule has 1 saturated carbocycles. The van der Waals surface area contributed by atoms with Crippen LogP contribution in [-0.4, -0.2) is 30.9 Å². The normalized spacial score (nSPS) is 21.8. The molecule has 1 N–H and O–H groups in total. The van der Waals surface area contributed by atoms with Crippen molar-refractivity contribution in [2.24, 2.45) is 0 Å². The number of hydrogen-bond acceptors (Lipinski definition) is 3. The van der Waals surface area contributed by atoms with Crippen LogP contribution >= 0.6 is 0 Å². The minimum Gasteiger partial charge on any atom is -0.353 e. The second kappa shape index (κ2) is 8.74. The van der Waals surface area contributed by atoms with Crippen LogP contribution < -0.4 is 5.32 Å². The van der Waals surface area contributed by atoms with E-state index >= 15 is 0 Å². The maximum absolute atomic E-state index is 11.9. The highest BCUT2D eigenvalue weighted by molar-refractivity contribution is 5.76. The molecule has 0 bridgehead atoms. The summed E-state index contributed by atoms with van der Waals surface area (Å²) >= 11 is 0. The van der Waals surface area contributed by atoms with Crippen molar-refractivity contribution in [2.75, 3.05) is 13.2 Å². The average Bonchev–Trinajstić information content (AvgIpc) is 2.94. The lowest BCUT2D eigenvalue weighted by Gasteiger charge is -2.35. The summed E-state index contributed by atoms with van der Waals surface area (Å²) in [6.07, 6.45) is 11.8. The molecule has 4 heteroatoms. The number of carbonyl (C=O) groups is 1. The van der Waals surface area contributed by atoms with Crippen molar-refractivity contribution in [3.63, 3.8) is 0 Å². The first-order valence-corrected chi connectivity index (χ1v) is 8.81. The van der Waals surface area contributed by atoms with Crippen LogP contribution in [-0.2, 0) is 14.3 Å². The number of amides is 1. The molecule has 1 aliphatic carbocycles. The SMILES string of the molecule is CCCCCCCCC(=O)NC1CCC2(CC1)OCCO2. The van der Waals surface area contributed by atoms with Gasteiger partial charge in [-0.3, -0.25) is 4.79 Å². The van der Waals surface area contributed by atoms with Crippen LogP contribution in [0, 0.1) is 0 Å². The van der Waals surface area contributed by atoms with Crippen molar-refractivity contribution in [1.82, 2.24) is 5.32 Å². The van der Waals surface area contributed by atoms with Crippen LogP contribution in [0.5, 0.6) is 0 Å². The third kappa shape index (κ3) is 5.59. The molecule has 2 fully saturated rings. The van der Waals surface area contributed by atoms with E-state index in [9.17, 15) is 4.79 Å². The average molecular weight is 297 g/mol. The molecule has 0 radical (unpaired) electrons. The Balaban J connectivity index is 1.52. The zero-order valence-corrected chi connectivity index (χ0v) is 13.5. The van der Waals surface area contributed by atoms with Crippen LogP contribution in [0.1, 0.15) is 77.6 Å². The van der Waals surface area contributed by atoms with Crippen molar-refractivity contribution in [3.8, 4) is 0 Å². The van der Waals surface area contributed by atoms with Crippen molar-refractivity contribution < 1.29 is 14.3 Å². The Morgan fingerprint density at radius 1 is 1.05 bits per heavy atom. The minimum atomic E-state index is -0.319. The Bertz CT molecular complexity index is 303. The molecular weight excluding hydrogens is 266 g/mol. The van der Waals surface area contributed by atoms with Crippen LogP contribution in [0.15, 0.2) is 0 Å². The van der Waals surface area contributed by atoms with Crippen LogP contribution in [0.2, 0.25) is 0 Å². The number of nitrogens with one attached hydrogen (secondary N) is 1. The Kier molecular flexibility index (Phi) is 6.97. The van der Waals surface area contributed by atoms with E-state index in [0.717, 1.165) is 45.3 Å². The zero-order valence-electron chi connectivity index (χ0n) is 13.5. The molecule has 2 aliphatic rings. The quantitative estimate of drug-likeness (QED) is 0.697. The van der Waals surface area contributed by atoms with E-state index in [1.807, 2.05) is 0 Å². The maximum atomic E-state index is 11.9. The van der Waals surface area contributed by atoms with E-state index < -0.39 is 0 Å². The van der Waals surface area contributed by atoms with Crippen molar-refractivity contribution in [3.05, 3.63) is 0 Å². The smallest absolute Gasteiger partial charge is 0.220 e. The molecule has 4 nitrogen and oxygen atoms in total. The van der Waals surface area contributed by atoms with Gasteiger partial charge in [0, 0.05) is 25.3 Å². The molecular formula is C17H31NO3. The molecule has 1 spiro atoms. The fraction of sp³-hybridized carbons (Fsp3) is 0.941. The van der Waals surface area contributed by atoms with Gasteiger partial charge in [-0.2, -0.15) is 0 Å². The second-order valence-electron chi connectivity index (χ2n) is 6.47. The summed E-state index contributed by atoms with van der Waals surface area (Å²) in [5.74, 6) is -0.0970. The number of ether oxygens (including phenoxy) is 2. The number of unbranched alkanes of at least 4 members (excludes halogenated alkanes) is 5. The summed E-state index contributed by atoms with van der Waals surface area (Å²) in [5.41, 5.74) is 0. The molecule has 0 aromatic heterocycles. The highest BCUT2D eigenvalue weighted by Crippen LogP contribution is 2.35. The van der Waals surface area contributed by atoms with Gasteiger partial charge in [-0.05, 0) is 19.3 Å². The lowest BCUT2D eigenvalue weighted by molar-refractivity contribution is -0.180. The highest BCUT2D eigenvalue weighted by atomic mass is 16.7. The minimum absolute atomic E-state index is 0.222. The van der Waals surface area contributed by atoms with Gasteiger partial charge in [0.15, 0.2) is 5.79 Å². The molecule has 0 aromatic rings. The van der Waals surface area contributed by atoms with E-state index in [0.29, 0.717) is 12.5 Å². The monoisotopic (exact) mass is 297 g/mol. The highest BCUT2D eigenvalue weighted by Gasteiger charge is 2.40. The van der Waals surface area contributed by atoms with Gasteiger partial charge in [0.2, 0.25) is 5.91 Å². The molecule has 0 atom stereocenters. The number of carbonyl (C=O) groups excluding carboxylic acids is 1. The molecule has 1 amide bonds. The predicted octanol–water partition coefficient (Wildman–Crippen LogP) is 3.54. The zero-order chi connectivity index (χ0) is 15.0. The van der Waals surface area contributed by atoms with E-state index in [4.69, 9.17) is 9.47 Å². The Labute approximate surface area is 129 Å². The molecule has 21 heavy (non-hydrogen) atoms. The van der Waals surface area contributed by atoms with Crippen LogP contribution in [0.4, 0.5) is 0 Å². The van der Waals surface area contributed by atoms with Crippen molar-refractivity contribution in [2.45, 2.75) is 89.4 Å². The standard InChI is InChI=1S/C17H31NO3/c1-2-3-4-5-6-7-8-16(19)18-15-9-11-17(12-10-15)20-13-14-21-17/h15H,2-14H2,1H3,(H,18,19). The lowest BCUT2D eigenvalue weighted by atomic mass is 9.90. The van der Waals surface area contributed by atoms with Crippen LogP contribution in [0.25, 0.3) is 0 Å². The first-order valence-electron chi connectivity index (χ1n) is 8.81. The summed E-state index contributed by atoms with van der Waals surface area (Å²) in [5, 5.41) is 3.18. The number of hydrogen-bond donors (Lipinski definition) is 1. The Morgan fingerprint density at radius 2 is 1.67 bits per heavy atom. The summed E-state index contributed by atoms with van der Waals surface area (Å²) in [6.45, 7) is 3.66. The Hall–Kier alpha value is -0.610. The van der Waals surface area contributed by atoms with E-state index in [-0.39, 0.29) is 11.7 Å². The number of rotatable bonds is 8. The lowest BCUT2D eigenvalue weighted by Crippen LogP contribution is -2.43. The predicted molar refractivity (Wildman–Crippen MR) is 83.0 cm³/mol. The summed E-state index contributed by atoms with van der Waals surface area (Å²) in [6, 6.07) is 0.316. The van der Waals surface area contributed by atoms with Crippen molar-refractivity contribution >= 4 is 5.91 Å². The summed E-state index contributed by atoms with van der Waals surface area (Å²) in [4.78, 5) is 11.9. The van der Waals surface area contributed by atoms with Crippen LogP contribution in [0.3, 0.4) is 0 Å². The molecule has 1 heterocycles. The second-order valence-corrected chi connectivity index (χ2v) is 6.47. The first-order chi connectivity index (χ1) is 10.2. The van der Waals surface area contributed by atoms with Gasteiger partial charge in [-0.1, -0.05) is 39.0 Å². The van der Waals surface area contributed by atoms with Gasteiger partial charge in [0.05, 0.1) is 13.2 Å². The molecule has 1 aliphatic heterocycles. The molecule has 2 rings (SSSR count). The van der Waals surface area contributed by atoms with Gasteiger partial charge in [-0.15, -0.1) is 0 Å². The van der Waals surface area contributed by atoms with Gasteiger partial charge in [-0.25, -0.2) is 0 Å². The van der Waals surface area contributed by atoms with Gasteiger partial charge < -0.3 is 14.8 Å². The molecule has 122 valence electrons. The van der Waals surface area contributed by atoms with Gasteiger partial charge >= 0.3 is 0 Å². The summed E-state index contributed by atoms with van der Waals surface area (Å²) < 4.78 is 11.4. The maximum Gasteiger partial charge on any atom is 0.220 e. The first kappa shape index (κ1) is 16.8. The van der Waals surface area contributed by atoms with Gasteiger partial charge in [0.1, 0.15) is 0 Å². The van der Waals surface area contributed by atoms with Gasteiger partial charge in [0.25, 0.3) is 0 Å². The van der Waals surface area contributed by atoms with E-state index in [1.165, 1.54) is 32.1 Å². The largest absolute Gasteiger partial charge is 0.353 e. The Morgan fingerprint density at radius 3 is 2.33 bits per heavy atom. The van der Waals surface area contributed by atoms with E-state index in [1.54, 1.807) is 0 Å². The molecule has 1 saturated heterocycles. The fourth-order valence-corrected chi connectivity index (χ4v) is 3.35. The van der Waals surface area contributed by atoms with Crippen molar-refractivity contribution in [1.29, 1.82) is 0 Å². The topological polar surface area (TPSA) is 47.6 Å². The summed E-state index contributed by atoms with van der Waals surface area (Å²) in [7, 11) is 0. The molecule has 0 aromatic carbocycles. The third-order valence-electron chi connectivity index (χ3n) is 4.68.